The third-order valence-corrected chi connectivity index (χ3v) is 1.50. The molecule has 0 spiro atoms. The molecule has 2 heteroatoms. The van der Waals surface area contributed by atoms with Crippen molar-refractivity contribution in [3.63, 3.8) is 0 Å². The van der Waals surface area contributed by atoms with Crippen LogP contribution < -0.4 is 4.74 Å². The van der Waals surface area contributed by atoms with Crippen molar-refractivity contribution in [3.05, 3.63) is 35.4 Å². The number of benzene rings is 1. The van der Waals surface area contributed by atoms with E-state index >= 15 is 0 Å². The average Bonchev–Trinajstić information content (AvgIpc) is 2.07. The van der Waals surface area contributed by atoms with Gasteiger partial charge in [-0.3, -0.25) is 0 Å². The molecule has 58 valence electrons. The van der Waals surface area contributed by atoms with E-state index in [1.165, 1.54) is 5.54 Å². The molecule has 1 nitrogen and oxygen atoms in total. The molecule has 0 fully saturated rings. The van der Waals surface area contributed by atoms with Crippen molar-refractivity contribution in [3.8, 4) is 5.75 Å². The first-order valence-electron chi connectivity index (χ1n) is 3.27. The van der Waals surface area contributed by atoms with E-state index in [1.807, 2.05) is 30.3 Å². The predicted octanol–water partition coefficient (Wildman–Crippen LogP) is 2.90. The molecule has 1 rings (SSSR count). The lowest BCUT2D eigenvalue weighted by atomic mass is 10.2. The predicted molar refractivity (Wildman–Crippen MR) is 47.9 cm³/mol. The summed E-state index contributed by atoms with van der Waals surface area (Å²) in [5.41, 5.74) is 2.56. The van der Waals surface area contributed by atoms with Crippen LogP contribution in [0, 0.1) is 0 Å². The van der Waals surface area contributed by atoms with Crippen LogP contribution in [0.5, 0.6) is 5.75 Å². The van der Waals surface area contributed by atoms with Gasteiger partial charge in [-0.05, 0) is 23.8 Å². The van der Waals surface area contributed by atoms with Gasteiger partial charge in [-0.15, -0.1) is 0 Å². The van der Waals surface area contributed by atoms with Gasteiger partial charge in [-0.2, -0.15) is 0 Å². The van der Waals surface area contributed by atoms with Gasteiger partial charge in [0.2, 0.25) is 0 Å². The van der Waals surface area contributed by atoms with E-state index in [0.29, 0.717) is 0 Å². The van der Waals surface area contributed by atoms with Crippen molar-refractivity contribution in [2.24, 2.45) is 0 Å². The molecular formula is C9H9ClO. The number of rotatable bonds is 2. The summed E-state index contributed by atoms with van der Waals surface area (Å²) in [6.45, 7) is 0. The molecule has 0 saturated carbocycles. The van der Waals surface area contributed by atoms with E-state index in [4.69, 9.17) is 16.3 Å². The average molecular weight is 169 g/mol. The summed E-state index contributed by atoms with van der Waals surface area (Å²) in [6, 6.07) is 7.67. The van der Waals surface area contributed by atoms with Gasteiger partial charge in [0.15, 0.2) is 0 Å². The molecule has 0 heterocycles. The van der Waals surface area contributed by atoms with Crippen LogP contribution >= 0.6 is 11.6 Å². The zero-order valence-corrected chi connectivity index (χ0v) is 7.01. The smallest absolute Gasteiger partial charge is 0.118 e. The number of hydrogen-bond donors (Lipinski definition) is 0. The van der Waals surface area contributed by atoms with E-state index in [2.05, 4.69) is 0 Å². The second-order valence-corrected chi connectivity index (χ2v) is 2.32. The van der Waals surface area contributed by atoms with Gasteiger partial charge >= 0.3 is 0 Å². The van der Waals surface area contributed by atoms with Crippen molar-refractivity contribution in [2.45, 2.75) is 0 Å². The van der Waals surface area contributed by atoms with Crippen molar-refractivity contribution in [1.29, 1.82) is 0 Å². The van der Waals surface area contributed by atoms with Gasteiger partial charge in [0.25, 0.3) is 0 Å². The summed E-state index contributed by atoms with van der Waals surface area (Å²) < 4.78 is 4.99. The fraction of sp³-hybridized carbons (Fsp3) is 0.111. The van der Waals surface area contributed by atoms with Gasteiger partial charge in [0.05, 0.1) is 7.11 Å². The Hall–Kier alpha value is -0.950. The lowest BCUT2D eigenvalue weighted by Crippen LogP contribution is -1.80. The van der Waals surface area contributed by atoms with Crippen LogP contribution in [0.2, 0.25) is 0 Å². The van der Waals surface area contributed by atoms with E-state index in [1.54, 1.807) is 7.11 Å². The maximum atomic E-state index is 5.40. The van der Waals surface area contributed by atoms with Gasteiger partial charge in [0.1, 0.15) is 5.75 Å². The van der Waals surface area contributed by atoms with E-state index < -0.39 is 0 Å². The largest absolute Gasteiger partial charge is 0.497 e. The van der Waals surface area contributed by atoms with Crippen LogP contribution in [0.15, 0.2) is 29.8 Å². The first-order chi connectivity index (χ1) is 5.36. The molecule has 0 radical (unpaired) electrons. The molecule has 0 aliphatic rings. The fourth-order valence-corrected chi connectivity index (χ4v) is 0.933. The summed E-state index contributed by atoms with van der Waals surface area (Å²) in [5.74, 6) is 0.858. The molecule has 0 saturated heterocycles. The van der Waals surface area contributed by atoms with Crippen molar-refractivity contribution in [2.75, 3.05) is 7.11 Å². The summed E-state index contributed by atoms with van der Waals surface area (Å²) in [5, 5.41) is 0. The first kappa shape index (κ1) is 8.15. The summed E-state index contributed by atoms with van der Waals surface area (Å²) >= 11 is 5.40. The first-order valence-corrected chi connectivity index (χ1v) is 3.71. The third-order valence-electron chi connectivity index (χ3n) is 1.37. The number of methoxy groups -OCH3 is 1. The van der Waals surface area contributed by atoms with Crippen molar-refractivity contribution in [1.82, 2.24) is 0 Å². The minimum atomic E-state index is 0.858. The number of hydrogen-bond acceptors (Lipinski definition) is 1. The second kappa shape index (κ2) is 4.04. The molecular weight excluding hydrogens is 160 g/mol. The highest BCUT2D eigenvalue weighted by molar-refractivity contribution is 6.27. The van der Waals surface area contributed by atoms with Crippen LogP contribution in [-0.2, 0) is 0 Å². The van der Waals surface area contributed by atoms with Crippen LogP contribution in [0.4, 0.5) is 0 Å². The molecule has 0 aliphatic carbocycles. The molecule has 0 aliphatic heterocycles. The summed E-state index contributed by atoms with van der Waals surface area (Å²) in [6.07, 6.45) is 1.82. The molecule has 1 aromatic rings. The summed E-state index contributed by atoms with van der Waals surface area (Å²) in [4.78, 5) is 0. The van der Waals surface area contributed by atoms with Crippen LogP contribution in [0.3, 0.4) is 0 Å². The molecule has 0 N–H and O–H groups in total. The molecule has 0 aromatic heterocycles. The van der Waals surface area contributed by atoms with E-state index in [0.717, 1.165) is 11.3 Å². The normalized spacial score (nSPS) is 10.4. The van der Waals surface area contributed by atoms with Crippen molar-refractivity contribution < 1.29 is 4.74 Å². The standard InChI is InChI=1S/C9H9ClO/c1-11-9-4-2-8(3-5-9)6-7-10/h2-7H,1H3/b7-6-. The van der Waals surface area contributed by atoms with Gasteiger partial charge in [-0.1, -0.05) is 23.7 Å². The Balaban J connectivity index is 2.82. The van der Waals surface area contributed by atoms with E-state index in [-0.39, 0.29) is 0 Å². The minimum absolute atomic E-state index is 0.858. The Morgan fingerprint density at radius 2 is 1.91 bits per heavy atom. The topological polar surface area (TPSA) is 9.23 Å². The lowest BCUT2D eigenvalue weighted by Gasteiger charge is -1.97. The highest BCUT2D eigenvalue weighted by Gasteiger charge is 1.88. The van der Waals surface area contributed by atoms with Crippen LogP contribution in [0.1, 0.15) is 5.56 Å². The fourth-order valence-electron chi connectivity index (χ4n) is 0.788. The second-order valence-electron chi connectivity index (χ2n) is 2.07. The monoisotopic (exact) mass is 168 g/mol. The Labute approximate surface area is 71.3 Å². The SMILES string of the molecule is COc1ccc(/C=C\Cl)cc1. The maximum absolute atomic E-state index is 5.40. The molecule has 0 amide bonds. The Morgan fingerprint density at radius 1 is 1.27 bits per heavy atom. The van der Waals surface area contributed by atoms with Crippen molar-refractivity contribution >= 4 is 17.7 Å². The minimum Gasteiger partial charge on any atom is -0.497 e. The van der Waals surface area contributed by atoms with Crippen LogP contribution in [0.25, 0.3) is 6.08 Å². The lowest BCUT2D eigenvalue weighted by molar-refractivity contribution is 0.415. The molecule has 0 atom stereocenters. The highest BCUT2D eigenvalue weighted by atomic mass is 35.5. The number of halogens is 1. The molecule has 0 unspecified atom stereocenters. The molecule has 0 bridgehead atoms. The summed E-state index contributed by atoms with van der Waals surface area (Å²) in [7, 11) is 1.65. The van der Waals surface area contributed by atoms with Gasteiger partial charge < -0.3 is 4.74 Å². The molecule has 11 heavy (non-hydrogen) atoms. The third kappa shape index (κ3) is 2.28. The Bertz CT molecular complexity index is 238. The van der Waals surface area contributed by atoms with Gasteiger partial charge in [0, 0.05) is 5.54 Å². The highest BCUT2D eigenvalue weighted by Crippen LogP contribution is 2.12. The number of ether oxygens (including phenoxy) is 1. The molecule has 1 aromatic carbocycles. The van der Waals surface area contributed by atoms with Gasteiger partial charge in [-0.25, -0.2) is 0 Å². The van der Waals surface area contributed by atoms with Crippen LogP contribution in [-0.4, -0.2) is 7.11 Å². The Morgan fingerprint density at radius 3 is 2.36 bits per heavy atom. The van der Waals surface area contributed by atoms with E-state index in [9.17, 15) is 0 Å². The zero-order chi connectivity index (χ0) is 8.10. The quantitative estimate of drug-likeness (QED) is 0.660. The maximum Gasteiger partial charge on any atom is 0.118 e. The Kier molecular flexibility index (Phi) is 2.99. The zero-order valence-electron chi connectivity index (χ0n) is 6.25.